The van der Waals surface area contributed by atoms with E-state index in [4.69, 9.17) is 5.73 Å². The van der Waals surface area contributed by atoms with E-state index in [-0.39, 0.29) is 0 Å². The first-order valence-electron chi connectivity index (χ1n) is 3.98. The molecule has 0 aliphatic carbocycles. The first-order chi connectivity index (χ1) is 5.93. The SMILES string of the molecule is NCCC#CCc1ccncc1. The van der Waals surface area contributed by atoms with Crippen molar-refractivity contribution in [1.29, 1.82) is 0 Å². The van der Waals surface area contributed by atoms with E-state index in [1.807, 2.05) is 12.1 Å². The van der Waals surface area contributed by atoms with Crippen molar-refractivity contribution in [1.82, 2.24) is 4.98 Å². The van der Waals surface area contributed by atoms with E-state index < -0.39 is 0 Å². The van der Waals surface area contributed by atoms with Crippen LogP contribution in [0.3, 0.4) is 0 Å². The molecule has 2 heteroatoms. The minimum atomic E-state index is 0.642. The summed E-state index contributed by atoms with van der Waals surface area (Å²) in [6.07, 6.45) is 5.13. The molecule has 0 atom stereocenters. The molecule has 0 saturated carbocycles. The molecular formula is C10H12N2. The van der Waals surface area contributed by atoms with E-state index in [0.717, 1.165) is 12.8 Å². The Balaban J connectivity index is 2.40. The molecule has 1 rings (SSSR count). The highest BCUT2D eigenvalue weighted by molar-refractivity contribution is 5.17. The van der Waals surface area contributed by atoms with Crippen LogP contribution in [0.1, 0.15) is 12.0 Å². The largest absolute Gasteiger partial charge is 0.330 e. The monoisotopic (exact) mass is 160 g/mol. The van der Waals surface area contributed by atoms with Gasteiger partial charge in [-0.15, -0.1) is 5.92 Å². The predicted molar refractivity (Wildman–Crippen MR) is 49.4 cm³/mol. The number of hydrogen-bond donors (Lipinski definition) is 1. The fraction of sp³-hybridized carbons (Fsp3) is 0.300. The zero-order chi connectivity index (χ0) is 8.65. The lowest BCUT2D eigenvalue weighted by atomic mass is 10.2. The van der Waals surface area contributed by atoms with Gasteiger partial charge in [0, 0.05) is 31.8 Å². The molecule has 0 saturated heterocycles. The van der Waals surface area contributed by atoms with Gasteiger partial charge in [-0.1, -0.05) is 5.92 Å². The zero-order valence-corrected chi connectivity index (χ0v) is 6.96. The van der Waals surface area contributed by atoms with Gasteiger partial charge in [0.2, 0.25) is 0 Å². The van der Waals surface area contributed by atoms with Crippen LogP contribution in [0, 0.1) is 11.8 Å². The first-order valence-corrected chi connectivity index (χ1v) is 3.98. The summed E-state index contributed by atoms with van der Waals surface area (Å²) in [5, 5.41) is 0. The predicted octanol–water partition coefficient (Wildman–Crippen LogP) is 0.976. The number of aromatic nitrogens is 1. The molecule has 12 heavy (non-hydrogen) atoms. The Morgan fingerprint density at radius 3 is 2.67 bits per heavy atom. The number of nitrogens with zero attached hydrogens (tertiary/aromatic N) is 1. The van der Waals surface area contributed by atoms with Gasteiger partial charge in [0.15, 0.2) is 0 Å². The first kappa shape index (κ1) is 8.76. The van der Waals surface area contributed by atoms with Crippen LogP contribution < -0.4 is 5.73 Å². The van der Waals surface area contributed by atoms with E-state index in [1.165, 1.54) is 5.56 Å². The summed E-state index contributed by atoms with van der Waals surface area (Å²) in [5.41, 5.74) is 6.50. The molecule has 0 spiro atoms. The molecular weight excluding hydrogens is 148 g/mol. The Labute approximate surface area is 72.8 Å². The fourth-order valence-corrected chi connectivity index (χ4v) is 0.826. The molecule has 0 fully saturated rings. The molecule has 0 amide bonds. The molecule has 0 aliphatic rings. The lowest BCUT2D eigenvalue weighted by Crippen LogP contribution is -1.95. The summed E-state index contributed by atoms with van der Waals surface area (Å²) in [7, 11) is 0. The maximum absolute atomic E-state index is 5.30. The van der Waals surface area contributed by atoms with Gasteiger partial charge in [0.05, 0.1) is 0 Å². The molecule has 1 aromatic heterocycles. The molecule has 2 nitrogen and oxygen atoms in total. The highest BCUT2D eigenvalue weighted by Crippen LogP contribution is 1.95. The lowest BCUT2D eigenvalue weighted by Gasteiger charge is -1.90. The Hall–Kier alpha value is -1.33. The normalized spacial score (nSPS) is 8.75. The summed E-state index contributed by atoms with van der Waals surface area (Å²) in [4.78, 5) is 3.92. The van der Waals surface area contributed by atoms with Crippen molar-refractivity contribution in [3.63, 3.8) is 0 Å². The second kappa shape index (κ2) is 5.34. The van der Waals surface area contributed by atoms with Crippen LogP contribution in [-0.2, 0) is 6.42 Å². The highest BCUT2D eigenvalue weighted by atomic mass is 14.6. The van der Waals surface area contributed by atoms with Crippen molar-refractivity contribution in [3.8, 4) is 11.8 Å². The van der Waals surface area contributed by atoms with E-state index >= 15 is 0 Å². The number of rotatable bonds is 2. The summed E-state index contributed by atoms with van der Waals surface area (Å²) < 4.78 is 0. The third kappa shape index (κ3) is 3.18. The highest BCUT2D eigenvalue weighted by Gasteiger charge is 1.84. The third-order valence-corrected chi connectivity index (χ3v) is 1.44. The summed E-state index contributed by atoms with van der Waals surface area (Å²) in [5.74, 6) is 6.03. The Bertz CT molecular complexity index is 269. The van der Waals surface area contributed by atoms with Crippen LogP contribution >= 0.6 is 0 Å². The molecule has 0 aliphatic heterocycles. The average Bonchev–Trinajstić information content (AvgIpc) is 2.14. The van der Waals surface area contributed by atoms with Gasteiger partial charge in [-0.05, 0) is 17.7 Å². The van der Waals surface area contributed by atoms with Crippen molar-refractivity contribution >= 4 is 0 Å². The van der Waals surface area contributed by atoms with Crippen LogP contribution in [0.5, 0.6) is 0 Å². The van der Waals surface area contributed by atoms with Crippen LogP contribution in [0.2, 0.25) is 0 Å². The zero-order valence-electron chi connectivity index (χ0n) is 6.96. The van der Waals surface area contributed by atoms with Crippen molar-refractivity contribution in [3.05, 3.63) is 30.1 Å². The van der Waals surface area contributed by atoms with E-state index in [2.05, 4.69) is 16.8 Å². The van der Waals surface area contributed by atoms with Crippen LogP contribution in [0.4, 0.5) is 0 Å². The lowest BCUT2D eigenvalue weighted by molar-refractivity contribution is 1.03. The maximum atomic E-state index is 5.30. The maximum Gasteiger partial charge on any atom is 0.0341 e. The Morgan fingerprint density at radius 2 is 2.00 bits per heavy atom. The van der Waals surface area contributed by atoms with Crippen molar-refractivity contribution in [2.24, 2.45) is 5.73 Å². The van der Waals surface area contributed by atoms with Gasteiger partial charge >= 0.3 is 0 Å². The number of hydrogen-bond acceptors (Lipinski definition) is 2. The molecule has 0 unspecified atom stereocenters. The van der Waals surface area contributed by atoms with Gasteiger partial charge in [0.25, 0.3) is 0 Å². The van der Waals surface area contributed by atoms with Crippen molar-refractivity contribution < 1.29 is 0 Å². The smallest absolute Gasteiger partial charge is 0.0341 e. The summed E-state index contributed by atoms with van der Waals surface area (Å²) >= 11 is 0. The van der Waals surface area contributed by atoms with Gasteiger partial charge in [-0.2, -0.15) is 0 Å². The third-order valence-electron chi connectivity index (χ3n) is 1.44. The Morgan fingerprint density at radius 1 is 1.25 bits per heavy atom. The van der Waals surface area contributed by atoms with Crippen molar-refractivity contribution in [2.45, 2.75) is 12.8 Å². The second-order valence-corrected chi connectivity index (χ2v) is 2.42. The number of pyridine rings is 1. The fourth-order valence-electron chi connectivity index (χ4n) is 0.826. The van der Waals surface area contributed by atoms with Gasteiger partial charge < -0.3 is 5.73 Å². The molecule has 1 aromatic rings. The summed E-state index contributed by atoms with van der Waals surface area (Å²) in [6, 6.07) is 3.94. The minimum Gasteiger partial charge on any atom is -0.330 e. The molecule has 1 heterocycles. The van der Waals surface area contributed by atoms with Gasteiger partial charge in [-0.25, -0.2) is 0 Å². The van der Waals surface area contributed by atoms with Crippen LogP contribution in [0.25, 0.3) is 0 Å². The second-order valence-electron chi connectivity index (χ2n) is 2.42. The minimum absolute atomic E-state index is 0.642. The van der Waals surface area contributed by atoms with Gasteiger partial charge in [-0.3, -0.25) is 4.98 Å². The van der Waals surface area contributed by atoms with E-state index in [9.17, 15) is 0 Å². The topological polar surface area (TPSA) is 38.9 Å². The van der Waals surface area contributed by atoms with E-state index in [1.54, 1.807) is 12.4 Å². The van der Waals surface area contributed by atoms with Crippen LogP contribution in [0.15, 0.2) is 24.5 Å². The molecule has 0 bridgehead atoms. The van der Waals surface area contributed by atoms with E-state index in [0.29, 0.717) is 6.54 Å². The molecule has 0 aromatic carbocycles. The van der Waals surface area contributed by atoms with Crippen LogP contribution in [-0.4, -0.2) is 11.5 Å². The average molecular weight is 160 g/mol. The molecule has 62 valence electrons. The van der Waals surface area contributed by atoms with Gasteiger partial charge in [0.1, 0.15) is 0 Å². The summed E-state index contributed by atoms with van der Waals surface area (Å²) in [6.45, 7) is 0.642. The Kier molecular flexibility index (Phi) is 3.90. The quantitative estimate of drug-likeness (QED) is 0.655. The van der Waals surface area contributed by atoms with Crippen molar-refractivity contribution in [2.75, 3.05) is 6.54 Å². The standard InChI is InChI=1S/C10H12N2/c11-7-3-1-2-4-10-5-8-12-9-6-10/h5-6,8-9H,3-4,7,11H2. The molecule has 0 radical (unpaired) electrons. The molecule has 2 N–H and O–H groups in total. The number of nitrogens with two attached hydrogens (primary N) is 1.